The van der Waals surface area contributed by atoms with Crippen LogP contribution in [-0.2, 0) is 5.41 Å². The van der Waals surface area contributed by atoms with Crippen LogP contribution in [0.5, 0.6) is 11.5 Å². The number of aromatic hydroxyl groups is 2. The molecule has 0 aliphatic rings. The van der Waals surface area contributed by atoms with Crippen molar-refractivity contribution in [2.45, 2.75) is 40.5 Å². The van der Waals surface area contributed by atoms with Crippen molar-refractivity contribution < 1.29 is 10.2 Å². The molecule has 2 heteroatoms. The Morgan fingerprint density at radius 1 is 1.00 bits per heavy atom. The molecule has 0 saturated heterocycles. The van der Waals surface area contributed by atoms with Crippen LogP contribution in [-0.4, -0.2) is 10.2 Å². The van der Waals surface area contributed by atoms with Gasteiger partial charge in [-0.05, 0) is 30.0 Å². The second-order valence-corrected chi connectivity index (χ2v) is 4.41. The lowest BCUT2D eigenvalue weighted by Gasteiger charge is -2.21. The summed E-state index contributed by atoms with van der Waals surface area (Å²) in [5.41, 5.74) is 1.33. The highest BCUT2D eigenvalue weighted by Crippen LogP contribution is 2.34. The van der Waals surface area contributed by atoms with Gasteiger partial charge in [0.1, 0.15) is 11.5 Å². The molecule has 14 heavy (non-hydrogen) atoms. The van der Waals surface area contributed by atoms with Gasteiger partial charge in [-0.3, -0.25) is 0 Å². The Morgan fingerprint density at radius 3 is 1.93 bits per heavy atom. The molecule has 0 aromatic heterocycles. The number of benzene rings is 1. The third-order valence-electron chi connectivity index (χ3n) is 2.12. The summed E-state index contributed by atoms with van der Waals surface area (Å²) in [5.74, 6) is 0.491. The molecular weight excluding hydrogens is 176 g/mol. The van der Waals surface area contributed by atoms with Crippen molar-refractivity contribution in [2.75, 3.05) is 0 Å². The van der Waals surface area contributed by atoms with E-state index in [1.807, 2.05) is 20.8 Å². The van der Waals surface area contributed by atoms with Gasteiger partial charge < -0.3 is 10.2 Å². The fourth-order valence-corrected chi connectivity index (χ4v) is 1.28. The van der Waals surface area contributed by atoms with Crippen molar-refractivity contribution in [3.05, 3.63) is 23.3 Å². The minimum Gasteiger partial charge on any atom is -0.508 e. The number of aryl methyl sites for hydroxylation is 1. The van der Waals surface area contributed by atoms with Crippen LogP contribution in [0.15, 0.2) is 12.1 Å². The highest BCUT2D eigenvalue weighted by molar-refractivity contribution is 5.47. The maximum absolute atomic E-state index is 9.64. The predicted molar refractivity (Wildman–Crippen MR) is 59.9 cm³/mol. The topological polar surface area (TPSA) is 40.5 Å². The highest BCUT2D eigenvalue weighted by atomic mass is 16.3. The summed E-state index contributed by atoms with van der Waals surface area (Å²) in [6, 6.07) is 3.22. The second-order valence-electron chi connectivity index (χ2n) is 4.41. The number of phenolic OH excluding ortho intramolecular Hbond substituents is 2. The van der Waals surface area contributed by atoms with E-state index in [4.69, 9.17) is 0 Å². The first-order valence-corrected chi connectivity index (χ1v) is 4.35. The van der Waals surface area contributed by atoms with E-state index in [-0.39, 0.29) is 24.3 Å². The highest BCUT2D eigenvalue weighted by Gasteiger charge is 2.19. The van der Waals surface area contributed by atoms with Gasteiger partial charge in [0.15, 0.2) is 0 Å². The minimum absolute atomic E-state index is 0. The molecule has 0 aliphatic carbocycles. The van der Waals surface area contributed by atoms with E-state index < -0.39 is 0 Å². The van der Waals surface area contributed by atoms with Crippen LogP contribution in [0, 0.1) is 6.92 Å². The van der Waals surface area contributed by atoms with Gasteiger partial charge in [-0.1, -0.05) is 28.2 Å². The van der Waals surface area contributed by atoms with Crippen LogP contribution in [0.3, 0.4) is 0 Å². The van der Waals surface area contributed by atoms with E-state index in [0.717, 1.165) is 5.56 Å². The van der Waals surface area contributed by atoms with Crippen molar-refractivity contribution in [3.8, 4) is 11.5 Å². The molecule has 0 heterocycles. The Kier molecular flexibility index (Phi) is 3.58. The van der Waals surface area contributed by atoms with Crippen LogP contribution < -0.4 is 0 Å². The van der Waals surface area contributed by atoms with E-state index in [0.29, 0.717) is 5.56 Å². The van der Waals surface area contributed by atoms with Crippen molar-refractivity contribution in [1.82, 2.24) is 0 Å². The summed E-state index contributed by atoms with van der Waals surface area (Å²) < 4.78 is 0. The smallest absolute Gasteiger partial charge is 0.119 e. The van der Waals surface area contributed by atoms with Crippen molar-refractivity contribution in [1.29, 1.82) is 0 Å². The third kappa shape index (κ3) is 2.41. The number of phenols is 2. The molecule has 1 aromatic rings. The van der Waals surface area contributed by atoms with Gasteiger partial charge in [-0.2, -0.15) is 0 Å². The fourth-order valence-electron chi connectivity index (χ4n) is 1.28. The van der Waals surface area contributed by atoms with Crippen molar-refractivity contribution in [2.24, 2.45) is 0 Å². The lowest BCUT2D eigenvalue weighted by molar-refractivity contribution is 0.433. The van der Waals surface area contributed by atoms with Crippen LogP contribution >= 0.6 is 0 Å². The largest absolute Gasteiger partial charge is 0.508 e. The zero-order chi connectivity index (χ0) is 10.2. The van der Waals surface area contributed by atoms with Gasteiger partial charge >= 0.3 is 0 Å². The summed E-state index contributed by atoms with van der Waals surface area (Å²) >= 11 is 0. The Hall–Kier alpha value is -1.18. The molecule has 0 spiro atoms. The molecule has 1 rings (SSSR count). The van der Waals surface area contributed by atoms with E-state index in [1.54, 1.807) is 19.1 Å². The molecule has 0 fully saturated rings. The van der Waals surface area contributed by atoms with E-state index in [9.17, 15) is 10.2 Å². The number of hydrogen-bond acceptors (Lipinski definition) is 2. The maximum atomic E-state index is 9.64. The van der Waals surface area contributed by atoms with E-state index in [1.165, 1.54) is 0 Å². The second kappa shape index (κ2) is 3.91. The summed E-state index contributed by atoms with van der Waals surface area (Å²) in [7, 11) is 0. The Morgan fingerprint density at radius 2 is 1.50 bits per heavy atom. The summed E-state index contributed by atoms with van der Waals surface area (Å²) in [4.78, 5) is 0. The number of hydrogen-bond donors (Lipinski definition) is 2. The maximum Gasteiger partial charge on any atom is 0.119 e. The quantitative estimate of drug-likeness (QED) is 0.625. The average molecular weight is 196 g/mol. The molecule has 0 atom stereocenters. The van der Waals surface area contributed by atoms with Gasteiger partial charge in [0.2, 0.25) is 0 Å². The molecule has 80 valence electrons. The molecule has 2 N–H and O–H groups in total. The SMILES string of the molecule is C.Cc1cc(O)c(C(C)(C)C)cc1O. The van der Waals surface area contributed by atoms with E-state index in [2.05, 4.69) is 0 Å². The minimum atomic E-state index is -0.144. The van der Waals surface area contributed by atoms with Crippen molar-refractivity contribution in [3.63, 3.8) is 0 Å². The Bertz CT molecular complexity index is 322. The van der Waals surface area contributed by atoms with Crippen LogP contribution in [0.2, 0.25) is 0 Å². The first-order chi connectivity index (χ1) is 5.82. The van der Waals surface area contributed by atoms with Crippen molar-refractivity contribution >= 4 is 0 Å². The molecule has 0 radical (unpaired) electrons. The molecule has 0 unspecified atom stereocenters. The fraction of sp³-hybridized carbons (Fsp3) is 0.500. The number of rotatable bonds is 0. The van der Waals surface area contributed by atoms with Gasteiger partial charge in [0.05, 0.1) is 0 Å². The van der Waals surface area contributed by atoms with Crippen LogP contribution in [0.4, 0.5) is 0 Å². The molecule has 0 saturated carbocycles. The Labute approximate surface area is 86.2 Å². The van der Waals surface area contributed by atoms with Gasteiger partial charge in [0, 0.05) is 5.56 Å². The first-order valence-electron chi connectivity index (χ1n) is 4.35. The molecule has 1 aromatic carbocycles. The van der Waals surface area contributed by atoms with Crippen LogP contribution in [0.25, 0.3) is 0 Å². The first kappa shape index (κ1) is 12.8. The monoisotopic (exact) mass is 196 g/mol. The third-order valence-corrected chi connectivity index (χ3v) is 2.12. The summed E-state index contributed by atoms with van der Waals surface area (Å²) in [6.07, 6.45) is 0. The zero-order valence-corrected chi connectivity index (χ0v) is 8.55. The Balaban J connectivity index is 0.00000169. The average Bonchev–Trinajstić information content (AvgIpc) is 1.94. The van der Waals surface area contributed by atoms with Crippen LogP contribution in [0.1, 0.15) is 39.3 Å². The predicted octanol–water partition coefficient (Wildman–Crippen LogP) is 3.34. The van der Waals surface area contributed by atoms with Gasteiger partial charge in [-0.15, -0.1) is 0 Å². The summed E-state index contributed by atoms with van der Waals surface area (Å²) in [6.45, 7) is 7.76. The zero-order valence-electron chi connectivity index (χ0n) is 8.55. The molecule has 0 aliphatic heterocycles. The standard InChI is InChI=1S/C11H16O2.CH4/c1-7-5-10(13)8(6-9(7)12)11(2,3)4;/h5-6,12-13H,1-4H3;1H4. The molecule has 0 bridgehead atoms. The lowest BCUT2D eigenvalue weighted by atomic mass is 9.85. The van der Waals surface area contributed by atoms with E-state index >= 15 is 0 Å². The van der Waals surface area contributed by atoms with Gasteiger partial charge in [0.25, 0.3) is 0 Å². The molecular formula is C12H20O2. The normalized spacial score (nSPS) is 10.9. The van der Waals surface area contributed by atoms with Gasteiger partial charge in [-0.25, -0.2) is 0 Å². The molecule has 0 amide bonds. The summed E-state index contributed by atoms with van der Waals surface area (Å²) in [5, 5.41) is 19.1. The lowest BCUT2D eigenvalue weighted by Crippen LogP contribution is -2.11. The molecule has 2 nitrogen and oxygen atoms in total.